The van der Waals surface area contributed by atoms with E-state index in [1.807, 2.05) is 0 Å². The molecule has 0 bridgehead atoms. The van der Waals surface area contributed by atoms with Gasteiger partial charge in [-0.15, -0.1) is 0 Å². The van der Waals surface area contributed by atoms with Crippen molar-refractivity contribution in [2.45, 2.75) is 18.7 Å². The van der Waals surface area contributed by atoms with Gasteiger partial charge in [-0.2, -0.15) is 13.2 Å². The second-order valence-corrected chi connectivity index (χ2v) is 5.18. The minimum absolute atomic E-state index is 0.0621. The fourth-order valence-corrected chi connectivity index (χ4v) is 2.00. The van der Waals surface area contributed by atoms with Crippen LogP contribution >= 0.6 is 0 Å². The molecule has 0 aromatic heterocycles. The quantitative estimate of drug-likeness (QED) is 0.758. The number of aliphatic hydroxyl groups is 1. The van der Waals surface area contributed by atoms with Crippen molar-refractivity contribution in [3.63, 3.8) is 0 Å². The molecule has 0 heterocycles. The van der Waals surface area contributed by atoms with E-state index in [2.05, 4.69) is 0 Å². The van der Waals surface area contributed by atoms with E-state index in [1.165, 1.54) is 24.3 Å². The number of alkyl halides is 3. The number of phenols is 2. The zero-order valence-electron chi connectivity index (χ0n) is 11.9. The van der Waals surface area contributed by atoms with Crippen LogP contribution in [0.2, 0.25) is 0 Å². The summed E-state index contributed by atoms with van der Waals surface area (Å²) in [5.41, 5.74) is -4.10. The number of ketones is 1. The highest BCUT2D eigenvalue weighted by Crippen LogP contribution is 2.42. The molecule has 0 aliphatic rings. The summed E-state index contributed by atoms with van der Waals surface area (Å²) in [5.74, 6) is -1.44. The van der Waals surface area contributed by atoms with Gasteiger partial charge in [0, 0.05) is 16.7 Å². The average molecular weight is 326 g/mol. The van der Waals surface area contributed by atoms with Gasteiger partial charge < -0.3 is 15.3 Å². The van der Waals surface area contributed by atoms with Crippen molar-refractivity contribution < 1.29 is 33.3 Å². The number of hydrogen-bond acceptors (Lipinski definition) is 4. The van der Waals surface area contributed by atoms with Crippen molar-refractivity contribution in [1.29, 1.82) is 0 Å². The molecular formula is C16H13F3O4. The van der Waals surface area contributed by atoms with E-state index in [4.69, 9.17) is 0 Å². The molecule has 0 spiro atoms. The number of benzene rings is 2. The predicted octanol–water partition coefficient (Wildman–Crippen LogP) is 3.10. The van der Waals surface area contributed by atoms with Crippen LogP contribution in [0.3, 0.4) is 0 Å². The van der Waals surface area contributed by atoms with E-state index < -0.39 is 28.9 Å². The summed E-state index contributed by atoms with van der Waals surface area (Å²) in [6.07, 6.45) is -5.02. The summed E-state index contributed by atoms with van der Waals surface area (Å²) >= 11 is 0. The normalized spacial score (nSPS) is 14.3. The molecule has 23 heavy (non-hydrogen) atoms. The molecule has 0 aliphatic heterocycles. The summed E-state index contributed by atoms with van der Waals surface area (Å²) in [5, 5.41) is 28.5. The number of rotatable bonds is 3. The molecule has 0 saturated heterocycles. The standard InChI is InChI=1S/C16H13F3O4/c1-15(23,16(17,18)19)12-8-10(4-7-13(12)21)14(22)9-2-5-11(20)6-3-9/h2-8,20-21,23H,1H3. The van der Waals surface area contributed by atoms with Gasteiger partial charge in [0.25, 0.3) is 0 Å². The lowest BCUT2D eigenvalue weighted by Gasteiger charge is -2.27. The lowest BCUT2D eigenvalue weighted by Crippen LogP contribution is -2.39. The minimum Gasteiger partial charge on any atom is -0.508 e. The van der Waals surface area contributed by atoms with Crippen LogP contribution in [-0.4, -0.2) is 27.3 Å². The Labute approximate surface area is 129 Å². The van der Waals surface area contributed by atoms with E-state index in [0.717, 1.165) is 18.2 Å². The number of phenolic OH excluding ortho intramolecular Hbond substituents is 2. The van der Waals surface area contributed by atoms with E-state index in [0.29, 0.717) is 6.92 Å². The molecular weight excluding hydrogens is 313 g/mol. The van der Waals surface area contributed by atoms with Gasteiger partial charge in [-0.1, -0.05) is 0 Å². The van der Waals surface area contributed by atoms with Gasteiger partial charge >= 0.3 is 6.18 Å². The molecule has 7 heteroatoms. The predicted molar refractivity (Wildman–Crippen MR) is 75.3 cm³/mol. The second kappa shape index (κ2) is 5.58. The Morgan fingerprint density at radius 1 is 0.957 bits per heavy atom. The Morgan fingerprint density at radius 2 is 1.48 bits per heavy atom. The molecule has 2 rings (SSSR count). The maximum Gasteiger partial charge on any atom is 0.421 e. The molecule has 122 valence electrons. The number of aromatic hydroxyl groups is 2. The number of carbonyl (C=O) groups is 1. The van der Waals surface area contributed by atoms with Gasteiger partial charge in [-0.3, -0.25) is 4.79 Å². The maximum atomic E-state index is 12.9. The first-order valence-electron chi connectivity index (χ1n) is 6.50. The summed E-state index contributed by atoms with van der Waals surface area (Å²) < 4.78 is 38.8. The third-order valence-corrected chi connectivity index (χ3v) is 3.46. The second-order valence-electron chi connectivity index (χ2n) is 5.18. The van der Waals surface area contributed by atoms with Gasteiger partial charge in [0.15, 0.2) is 11.4 Å². The Morgan fingerprint density at radius 3 is 2.00 bits per heavy atom. The third kappa shape index (κ3) is 3.14. The van der Waals surface area contributed by atoms with Crippen molar-refractivity contribution in [3.8, 4) is 11.5 Å². The highest BCUT2D eigenvalue weighted by atomic mass is 19.4. The van der Waals surface area contributed by atoms with Crippen LogP contribution in [0.5, 0.6) is 11.5 Å². The lowest BCUT2D eigenvalue weighted by atomic mass is 9.91. The van der Waals surface area contributed by atoms with Crippen LogP contribution in [0.25, 0.3) is 0 Å². The Bertz CT molecular complexity index is 734. The van der Waals surface area contributed by atoms with Crippen LogP contribution < -0.4 is 0 Å². The van der Waals surface area contributed by atoms with Crippen molar-refractivity contribution in [2.75, 3.05) is 0 Å². The molecule has 1 atom stereocenters. The fourth-order valence-electron chi connectivity index (χ4n) is 2.00. The first-order valence-corrected chi connectivity index (χ1v) is 6.50. The summed E-state index contributed by atoms with van der Waals surface area (Å²) in [4.78, 5) is 12.3. The van der Waals surface area contributed by atoms with Crippen LogP contribution in [0.15, 0.2) is 42.5 Å². The summed E-state index contributed by atoms with van der Waals surface area (Å²) in [6.45, 7) is 0.497. The average Bonchev–Trinajstić information content (AvgIpc) is 2.46. The largest absolute Gasteiger partial charge is 0.508 e. The molecule has 3 N–H and O–H groups in total. The van der Waals surface area contributed by atoms with Crippen LogP contribution in [0.1, 0.15) is 28.4 Å². The van der Waals surface area contributed by atoms with Gasteiger partial charge in [-0.05, 0) is 49.4 Å². The Kier molecular flexibility index (Phi) is 4.08. The summed E-state index contributed by atoms with van der Waals surface area (Å²) in [6, 6.07) is 8.03. The van der Waals surface area contributed by atoms with E-state index in [-0.39, 0.29) is 16.9 Å². The SMILES string of the molecule is CC(O)(c1cc(C(=O)c2ccc(O)cc2)ccc1O)C(F)(F)F. The molecule has 0 saturated carbocycles. The van der Waals surface area contributed by atoms with Crippen LogP contribution in [0, 0.1) is 0 Å². The summed E-state index contributed by atoms with van der Waals surface area (Å²) in [7, 11) is 0. The first kappa shape index (κ1) is 16.8. The van der Waals surface area contributed by atoms with Crippen molar-refractivity contribution >= 4 is 5.78 Å². The smallest absolute Gasteiger partial charge is 0.421 e. The van der Waals surface area contributed by atoms with Gasteiger partial charge in [0.1, 0.15) is 11.5 Å². The Balaban J connectivity index is 2.49. The molecule has 0 aliphatic carbocycles. The topological polar surface area (TPSA) is 77.8 Å². The minimum atomic E-state index is -5.02. The molecule has 2 aromatic rings. The molecule has 0 radical (unpaired) electrons. The molecule has 0 amide bonds. The number of halogens is 3. The third-order valence-electron chi connectivity index (χ3n) is 3.46. The van der Waals surface area contributed by atoms with Gasteiger partial charge in [-0.25, -0.2) is 0 Å². The first-order chi connectivity index (χ1) is 10.5. The maximum absolute atomic E-state index is 12.9. The number of hydrogen-bond donors (Lipinski definition) is 3. The van der Waals surface area contributed by atoms with Gasteiger partial charge in [0.05, 0.1) is 0 Å². The van der Waals surface area contributed by atoms with Crippen LogP contribution in [-0.2, 0) is 5.60 Å². The van der Waals surface area contributed by atoms with E-state index >= 15 is 0 Å². The highest BCUT2D eigenvalue weighted by molar-refractivity contribution is 6.09. The Hall–Kier alpha value is -2.54. The highest BCUT2D eigenvalue weighted by Gasteiger charge is 2.52. The van der Waals surface area contributed by atoms with E-state index in [9.17, 15) is 33.3 Å². The molecule has 0 fully saturated rings. The van der Waals surface area contributed by atoms with Crippen molar-refractivity contribution in [3.05, 3.63) is 59.2 Å². The monoisotopic (exact) mass is 326 g/mol. The lowest BCUT2D eigenvalue weighted by molar-refractivity contribution is -0.259. The number of carbonyl (C=O) groups excluding carboxylic acids is 1. The van der Waals surface area contributed by atoms with E-state index in [1.54, 1.807) is 0 Å². The molecule has 4 nitrogen and oxygen atoms in total. The molecule has 1 unspecified atom stereocenters. The zero-order chi connectivity index (χ0) is 17.4. The van der Waals surface area contributed by atoms with Crippen molar-refractivity contribution in [1.82, 2.24) is 0 Å². The fraction of sp³-hybridized carbons (Fsp3) is 0.188. The van der Waals surface area contributed by atoms with Crippen molar-refractivity contribution in [2.24, 2.45) is 0 Å². The van der Waals surface area contributed by atoms with Crippen LogP contribution in [0.4, 0.5) is 13.2 Å². The zero-order valence-corrected chi connectivity index (χ0v) is 11.9. The molecule has 2 aromatic carbocycles. The van der Waals surface area contributed by atoms with Gasteiger partial charge in [0.2, 0.25) is 0 Å².